The van der Waals surface area contributed by atoms with Crippen molar-refractivity contribution in [2.75, 3.05) is 0 Å². The highest BCUT2D eigenvalue weighted by molar-refractivity contribution is 6.74. The predicted octanol–water partition coefficient (Wildman–Crippen LogP) is 3.03. The highest BCUT2D eigenvalue weighted by Crippen LogP contribution is 1.96. The first-order valence-electron chi connectivity index (χ1n) is 5.98. The van der Waals surface area contributed by atoms with Crippen LogP contribution in [0, 0.1) is 22.9 Å². The first-order chi connectivity index (χ1) is 8.84. The van der Waals surface area contributed by atoms with E-state index in [-0.39, 0.29) is 0 Å². The van der Waals surface area contributed by atoms with Crippen LogP contribution in [0.3, 0.4) is 0 Å². The molecule has 0 saturated heterocycles. The molecule has 18 heavy (non-hydrogen) atoms. The van der Waals surface area contributed by atoms with Gasteiger partial charge in [0.2, 0.25) is 0 Å². The lowest BCUT2D eigenvalue weighted by atomic mass is 10.2. The van der Waals surface area contributed by atoms with E-state index in [0.717, 1.165) is 11.1 Å². The van der Waals surface area contributed by atoms with E-state index >= 15 is 0 Å². The Kier molecular flexibility index (Phi) is 4.42. The van der Waals surface area contributed by atoms with Crippen molar-refractivity contribution >= 4 is 8.80 Å². The molecule has 0 fully saturated rings. The van der Waals surface area contributed by atoms with Crippen LogP contribution in [0.1, 0.15) is 11.1 Å². The largest absolute Gasteiger partial charge is 0.200 e. The van der Waals surface area contributed by atoms with E-state index in [9.17, 15) is 0 Å². The zero-order chi connectivity index (χ0) is 12.6. The van der Waals surface area contributed by atoms with Crippen molar-refractivity contribution in [3.63, 3.8) is 0 Å². The second-order valence-electron chi connectivity index (χ2n) is 3.99. The van der Waals surface area contributed by atoms with Gasteiger partial charge in [-0.25, -0.2) is 0 Å². The minimum absolute atomic E-state index is 1.07. The summed E-state index contributed by atoms with van der Waals surface area (Å²) in [4.78, 5) is 0. The third-order valence-electron chi connectivity index (χ3n) is 2.41. The van der Waals surface area contributed by atoms with E-state index in [1.165, 1.54) is 0 Å². The molecule has 0 nitrogen and oxygen atoms in total. The van der Waals surface area contributed by atoms with Crippen LogP contribution in [0.2, 0.25) is 6.55 Å². The van der Waals surface area contributed by atoms with Crippen LogP contribution in [0.25, 0.3) is 0 Å². The maximum absolute atomic E-state index is 3.28. The van der Waals surface area contributed by atoms with Crippen LogP contribution in [-0.4, -0.2) is 8.80 Å². The molecule has 0 unspecified atom stereocenters. The lowest BCUT2D eigenvalue weighted by molar-refractivity contribution is 1.65. The molecule has 0 N–H and O–H groups in total. The van der Waals surface area contributed by atoms with Gasteiger partial charge >= 0.3 is 0 Å². The van der Waals surface area contributed by atoms with E-state index in [2.05, 4.69) is 29.5 Å². The molecule has 0 spiro atoms. The van der Waals surface area contributed by atoms with E-state index in [1.54, 1.807) is 0 Å². The molecule has 0 saturated carbocycles. The lowest BCUT2D eigenvalue weighted by Gasteiger charge is -1.90. The van der Waals surface area contributed by atoms with Crippen molar-refractivity contribution in [3.8, 4) is 22.9 Å². The molecule has 0 aliphatic rings. The van der Waals surface area contributed by atoms with Gasteiger partial charge in [0.25, 0.3) is 0 Å². The first-order valence-corrected chi connectivity index (χ1v) is 8.29. The van der Waals surface area contributed by atoms with Crippen LogP contribution in [0.5, 0.6) is 0 Å². The van der Waals surface area contributed by atoms with E-state index in [0.29, 0.717) is 0 Å². The highest BCUT2D eigenvalue weighted by Gasteiger charge is 1.92. The summed E-state index contributed by atoms with van der Waals surface area (Å²) >= 11 is 0. The fourth-order valence-corrected chi connectivity index (χ4v) is 2.30. The summed E-state index contributed by atoms with van der Waals surface area (Å²) in [6.45, 7) is 2.16. The molecule has 0 atom stereocenters. The van der Waals surface area contributed by atoms with Gasteiger partial charge in [0, 0.05) is 11.1 Å². The molecule has 2 aromatic rings. The molecule has 0 aliphatic heterocycles. The van der Waals surface area contributed by atoms with Gasteiger partial charge in [0.15, 0.2) is 8.80 Å². The molecule has 0 aromatic heterocycles. The maximum atomic E-state index is 3.28. The smallest absolute Gasteiger partial charge is 0.114 e. The van der Waals surface area contributed by atoms with Gasteiger partial charge in [-0.2, -0.15) is 0 Å². The Bertz CT molecular complexity index is 549. The Hall–Kier alpha value is -2.22. The number of benzene rings is 2. The minimum Gasteiger partial charge on any atom is -0.114 e. The van der Waals surface area contributed by atoms with Crippen molar-refractivity contribution in [3.05, 3.63) is 71.8 Å². The van der Waals surface area contributed by atoms with E-state index in [1.807, 2.05) is 60.7 Å². The molecule has 0 aliphatic carbocycles. The van der Waals surface area contributed by atoms with Crippen LogP contribution in [0.15, 0.2) is 60.7 Å². The summed E-state index contributed by atoms with van der Waals surface area (Å²) in [6, 6.07) is 20.1. The second kappa shape index (κ2) is 6.50. The molecule has 0 radical (unpaired) electrons. The SMILES string of the molecule is C[SiH](C#Cc1ccccc1)C#Cc1ccccc1. The third kappa shape index (κ3) is 3.98. The zero-order valence-corrected chi connectivity index (χ0v) is 11.5. The minimum atomic E-state index is -1.26. The summed E-state index contributed by atoms with van der Waals surface area (Å²) in [5.41, 5.74) is 8.70. The van der Waals surface area contributed by atoms with E-state index in [4.69, 9.17) is 0 Å². The third-order valence-corrected chi connectivity index (χ3v) is 3.57. The van der Waals surface area contributed by atoms with Crippen LogP contribution in [-0.2, 0) is 0 Å². The molecular weight excluding hydrogens is 232 g/mol. The monoisotopic (exact) mass is 246 g/mol. The molecule has 2 rings (SSSR count). The molecular formula is C17H14Si. The van der Waals surface area contributed by atoms with Gasteiger partial charge in [-0.15, -0.1) is 11.1 Å². The standard InChI is InChI=1S/C17H14Si/c1-18(14-12-16-8-4-2-5-9-16)15-13-17-10-6-3-7-11-17/h2-11,18H,1H3. The van der Waals surface area contributed by atoms with Gasteiger partial charge < -0.3 is 0 Å². The normalized spacial score (nSPS) is 9.00. The van der Waals surface area contributed by atoms with Crippen LogP contribution >= 0.6 is 0 Å². The highest BCUT2D eigenvalue weighted by atomic mass is 28.3. The van der Waals surface area contributed by atoms with Crippen molar-refractivity contribution < 1.29 is 0 Å². The summed E-state index contributed by atoms with van der Waals surface area (Å²) in [5, 5.41) is 0. The fourth-order valence-electron chi connectivity index (χ4n) is 1.46. The Morgan fingerprint density at radius 3 is 1.44 bits per heavy atom. The van der Waals surface area contributed by atoms with Crippen molar-refractivity contribution in [2.45, 2.75) is 6.55 Å². The molecule has 86 valence electrons. The summed E-state index contributed by atoms with van der Waals surface area (Å²) in [6.07, 6.45) is 0. The lowest BCUT2D eigenvalue weighted by Crippen LogP contribution is -1.99. The van der Waals surface area contributed by atoms with Crippen LogP contribution < -0.4 is 0 Å². The number of hydrogen-bond donors (Lipinski definition) is 0. The Morgan fingerprint density at radius 2 is 1.06 bits per heavy atom. The molecule has 2 aromatic carbocycles. The predicted molar refractivity (Wildman–Crippen MR) is 79.7 cm³/mol. The topological polar surface area (TPSA) is 0 Å². The van der Waals surface area contributed by atoms with Crippen LogP contribution in [0.4, 0.5) is 0 Å². The maximum Gasteiger partial charge on any atom is 0.200 e. The van der Waals surface area contributed by atoms with Gasteiger partial charge in [-0.05, 0) is 24.3 Å². The second-order valence-corrected chi connectivity index (χ2v) is 6.01. The van der Waals surface area contributed by atoms with Gasteiger partial charge in [-0.3, -0.25) is 0 Å². The molecule has 0 amide bonds. The number of hydrogen-bond acceptors (Lipinski definition) is 0. The number of rotatable bonds is 0. The van der Waals surface area contributed by atoms with Gasteiger partial charge in [-0.1, -0.05) is 54.8 Å². The average Bonchev–Trinajstić information content (AvgIpc) is 2.45. The fraction of sp³-hybridized carbons (Fsp3) is 0.0588. The molecule has 1 heteroatoms. The van der Waals surface area contributed by atoms with Gasteiger partial charge in [0.05, 0.1) is 0 Å². The Labute approximate surface area is 110 Å². The summed E-state index contributed by atoms with van der Waals surface area (Å²) < 4.78 is 0. The van der Waals surface area contributed by atoms with E-state index < -0.39 is 8.80 Å². The molecule has 0 heterocycles. The zero-order valence-electron chi connectivity index (χ0n) is 10.4. The average molecular weight is 246 g/mol. The first kappa shape index (κ1) is 12.2. The Morgan fingerprint density at radius 1 is 0.667 bits per heavy atom. The Balaban J connectivity index is 2.04. The molecule has 0 bridgehead atoms. The quantitative estimate of drug-likeness (QED) is 0.495. The summed E-state index contributed by atoms with van der Waals surface area (Å²) in [7, 11) is -1.26. The van der Waals surface area contributed by atoms with Crippen molar-refractivity contribution in [2.24, 2.45) is 0 Å². The van der Waals surface area contributed by atoms with Gasteiger partial charge in [0.1, 0.15) is 0 Å². The summed E-state index contributed by atoms with van der Waals surface area (Å²) in [5.74, 6) is 6.38. The van der Waals surface area contributed by atoms with Crippen molar-refractivity contribution in [1.29, 1.82) is 0 Å². The van der Waals surface area contributed by atoms with Crippen molar-refractivity contribution in [1.82, 2.24) is 0 Å².